The summed E-state index contributed by atoms with van der Waals surface area (Å²) < 4.78 is 5.25. The van der Waals surface area contributed by atoms with Gasteiger partial charge in [-0.15, -0.1) is 0 Å². The van der Waals surface area contributed by atoms with Crippen molar-refractivity contribution in [1.82, 2.24) is 29.8 Å². The van der Waals surface area contributed by atoms with Crippen LogP contribution in [0.4, 0.5) is 5.95 Å². The summed E-state index contributed by atoms with van der Waals surface area (Å²) in [5, 5.41) is 7.33. The van der Waals surface area contributed by atoms with Crippen molar-refractivity contribution < 1.29 is 9.53 Å². The largest absolute Gasteiger partial charge is 0.378 e. The van der Waals surface area contributed by atoms with E-state index in [9.17, 15) is 4.79 Å². The zero-order valence-electron chi connectivity index (χ0n) is 19.3. The molecule has 184 valence electrons. The number of hydrazone groups is 1. The van der Waals surface area contributed by atoms with Gasteiger partial charge in [0.1, 0.15) is 5.82 Å². The Kier molecular flexibility index (Phi) is 6.77. The van der Waals surface area contributed by atoms with Crippen LogP contribution in [0.1, 0.15) is 28.5 Å². The lowest BCUT2D eigenvalue weighted by Gasteiger charge is -2.40. The number of hydrogen-bond acceptors (Lipinski definition) is 9. The lowest BCUT2D eigenvalue weighted by atomic mass is 10.1. The van der Waals surface area contributed by atoms with Gasteiger partial charge in [-0.25, -0.2) is 15.0 Å². The predicted molar refractivity (Wildman–Crippen MR) is 134 cm³/mol. The summed E-state index contributed by atoms with van der Waals surface area (Å²) in [7, 11) is 1.64. The molecule has 0 spiro atoms. The van der Waals surface area contributed by atoms with E-state index in [1.807, 2.05) is 23.5 Å². The Morgan fingerprint density at radius 3 is 2.60 bits per heavy atom. The highest BCUT2D eigenvalue weighted by molar-refractivity contribution is 6.33. The van der Waals surface area contributed by atoms with E-state index in [2.05, 4.69) is 36.4 Å². The molecule has 1 unspecified atom stereocenters. The number of piperazine rings is 1. The molecule has 3 aliphatic heterocycles. The van der Waals surface area contributed by atoms with Crippen LogP contribution in [0.3, 0.4) is 0 Å². The molecule has 3 aliphatic rings. The standard InChI is InChI=1S/C23H26Cl2N8O2/c1-15(33-20(3-4-28-33)16-9-17(24)11-26-10-16)30-5-7-31(8-6-30)23-27-12-19(25)21(29-23)22(34)32-13-18(14-32)35-2/h4,9-12,18,20H,1,3,5-8,13-14H2,2H3. The molecule has 1 amide bonds. The second-order valence-electron chi connectivity index (χ2n) is 8.66. The minimum atomic E-state index is -0.201. The van der Waals surface area contributed by atoms with Gasteiger partial charge in [0.05, 0.1) is 28.4 Å². The number of anilines is 1. The van der Waals surface area contributed by atoms with Gasteiger partial charge in [-0.1, -0.05) is 29.8 Å². The van der Waals surface area contributed by atoms with Crippen molar-refractivity contribution in [3.63, 3.8) is 0 Å². The van der Waals surface area contributed by atoms with Gasteiger partial charge in [-0.3, -0.25) is 9.78 Å². The molecule has 2 aromatic heterocycles. The van der Waals surface area contributed by atoms with Gasteiger partial charge < -0.3 is 19.4 Å². The number of carbonyl (C=O) groups is 1. The fourth-order valence-electron chi connectivity index (χ4n) is 4.42. The van der Waals surface area contributed by atoms with E-state index in [4.69, 9.17) is 27.9 Å². The van der Waals surface area contributed by atoms with E-state index in [1.165, 1.54) is 6.20 Å². The molecule has 10 nitrogen and oxygen atoms in total. The molecular weight excluding hydrogens is 491 g/mol. The van der Waals surface area contributed by atoms with Crippen molar-refractivity contribution in [2.45, 2.75) is 18.6 Å². The third kappa shape index (κ3) is 4.78. The lowest BCUT2D eigenvalue weighted by Crippen LogP contribution is -2.54. The molecule has 0 saturated carbocycles. The van der Waals surface area contributed by atoms with Crippen molar-refractivity contribution in [3.05, 3.63) is 58.4 Å². The normalized spacial score (nSPS) is 20.4. The van der Waals surface area contributed by atoms with Crippen LogP contribution in [0, 0.1) is 0 Å². The van der Waals surface area contributed by atoms with Crippen molar-refractivity contribution >= 4 is 41.3 Å². The molecule has 0 aliphatic carbocycles. The molecular formula is C23H26Cl2N8O2. The number of amides is 1. The van der Waals surface area contributed by atoms with Crippen LogP contribution in [0.5, 0.6) is 0 Å². The van der Waals surface area contributed by atoms with E-state index < -0.39 is 0 Å². The summed E-state index contributed by atoms with van der Waals surface area (Å²) in [6.07, 6.45) is 7.65. The van der Waals surface area contributed by atoms with Gasteiger partial charge in [0.2, 0.25) is 5.95 Å². The molecule has 5 heterocycles. The molecule has 35 heavy (non-hydrogen) atoms. The van der Waals surface area contributed by atoms with Crippen LogP contribution in [-0.2, 0) is 4.74 Å². The van der Waals surface area contributed by atoms with E-state index >= 15 is 0 Å². The van der Waals surface area contributed by atoms with Crippen LogP contribution in [0.2, 0.25) is 10.0 Å². The second-order valence-corrected chi connectivity index (χ2v) is 9.50. The number of methoxy groups -OCH3 is 1. The minimum absolute atomic E-state index is 0.0131. The van der Waals surface area contributed by atoms with E-state index in [1.54, 1.807) is 18.2 Å². The van der Waals surface area contributed by atoms with Crippen molar-refractivity contribution in [3.8, 4) is 0 Å². The number of hydrogen-bond donors (Lipinski definition) is 0. The SMILES string of the molecule is C=C(N1CCN(c2ncc(Cl)c(C(=O)N3CC(OC)C3)n2)CC1)N1N=CCC1c1cncc(Cl)c1. The highest BCUT2D eigenvalue weighted by atomic mass is 35.5. The molecule has 1 atom stereocenters. The zero-order valence-corrected chi connectivity index (χ0v) is 20.9. The summed E-state index contributed by atoms with van der Waals surface area (Å²) >= 11 is 12.4. The highest BCUT2D eigenvalue weighted by Gasteiger charge is 2.34. The summed E-state index contributed by atoms with van der Waals surface area (Å²) in [6, 6.07) is 1.93. The van der Waals surface area contributed by atoms with Crippen LogP contribution in [-0.4, -0.2) is 94.4 Å². The molecule has 0 aromatic carbocycles. The molecule has 2 saturated heterocycles. The van der Waals surface area contributed by atoms with Gasteiger partial charge in [0.15, 0.2) is 5.69 Å². The first-order valence-electron chi connectivity index (χ1n) is 11.4. The Bertz CT molecular complexity index is 1150. The molecule has 2 fully saturated rings. The fourth-order valence-corrected chi connectivity index (χ4v) is 4.78. The maximum atomic E-state index is 12.8. The molecule has 2 aromatic rings. The minimum Gasteiger partial charge on any atom is -0.378 e. The van der Waals surface area contributed by atoms with Crippen molar-refractivity contribution in [2.24, 2.45) is 5.10 Å². The summed E-state index contributed by atoms with van der Waals surface area (Å²) in [4.78, 5) is 31.9. The zero-order chi connectivity index (χ0) is 24.5. The van der Waals surface area contributed by atoms with E-state index in [0.29, 0.717) is 50.2 Å². The monoisotopic (exact) mass is 516 g/mol. The van der Waals surface area contributed by atoms with Gasteiger partial charge in [0, 0.05) is 71.4 Å². The summed E-state index contributed by atoms with van der Waals surface area (Å²) in [5.74, 6) is 1.11. The van der Waals surface area contributed by atoms with Crippen LogP contribution in [0.25, 0.3) is 0 Å². The molecule has 12 heteroatoms. The van der Waals surface area contributed by atoms with Gasteiger partial charge in [-0.2, -0.15) is 5.10 Å². The number of likely N-dealkylation sites (tertiary alicyclic amines) is 1. The molecule has 0 bridgehead atoms. The number of rotatable bonds is 6. The third-order valence-corrected chi connectivity index (χ3v) is 7.02. The summed E-state index contributed by atoms with van der Waals surface area (Å²) in [6.45, 7) is 8.15. The molecule has 0 N–H and O–H groups in total. The average molecular weight is 517 g/mol. The number of halogens is 2. The number of ether oxygens (including phenoxy) is 1. The number of nitrogens with zero attached hydrogens (tertiary/aromatic N) is 8. The maximum Gasteiger partial charge on any atom is 0.274 e. The first-order valence-corrected chi connectivity index (χ1v) is 12.2. The Balaban J connectivity index is 1.22. The van der Waals surface area contributed by atoms with Crippen LogP contribution < -0.4 is 4.90 Å². The smallest absolute Gasteiger partial charge is 0.274 e. The summed E-state index contributed by atoms with van der Waals surface area (Å²) in [5.41, 5.74) is 1.23. The Morgan fingerprint density at radius 1 is 1.11 bits per heavy atom. The number of aromatic nitrogens is 3. The van der Waals surface area contributed by atoms with E-state index in [-0.39, 0.29) is 28.8 Å². The number of carbonyl (C=O) groups excluding carboxylic acids is 1. The van der Waals surface area contributed by atoms with Gasteiger partial charge >= 0.3 is 0 Å². The first kappa shape index (κ1) is 23.8. The van der Waals surface area contributed by atoms with E-state index in [0.717, 1.165) is 17.8 Å². The van der Waals surface area contributed by atoms with Crippen LogP contribution in [0.15, 0.2) is 42.2 Å². The van der Waals surface area contributed by atoms with Crippen molar-refractivity contribution in [1.29, 1.82) is 0 Å². The lowest BCUT2D eigenvalue weighted by molar-refractivity contribution is -0.0194. The van der Waals surface area contributed by atoms with Crippen LogP contribution >= 0.6 is 23.2 Å². The quantitative estimate of drug-likeness (QED) is 0.578. The molecule has 5 rings (SSSR count). The Hall–Kier alpha value is -2.95. The highest BCUT2D eigenvalue weighted by Crippen LogP contribution is 2.33. The average Bonchev–Trinajstić information content (AvgIpc) is 3.33. The van der Waals surface area contributed by atoms with Gasteiger partial charge in [-0.05, 0) is 11.6 Å². The van der Waals surface area contributed by atoms with Crippen molar-refractivity contribution in [2.75, 3.05) is 51.3 Å². The van der Waals surface area contributed by atoms with Gasteiger partial charge in [0.25, 0.3) is 5.91 Å². The fraction of sp³-hybridized carbons (Fsp3) is 0.435. The Morgan fingerprint density at radius 2 is 1.89 bits per heavy atom. The second kappa shape index (κ2) is 9.96. The predicted octanol–water partition coefficient (Wildman–Crippen LogP) is 2.68. The first-order chi connectivity index (χ1) is 16.9. The third-order valence-electron chi connectivity index (χ3n) is 6.54. The number of pyridine rings is 1. The topological polar surface area (TPSA) is 90.3 Å². The molecule has 0 radical (unpaired) electrons. The maximum absolute atomic E-state index is 12.8. The Labute approximate surface area is 213 Å².